The molecule has 0 aliphatic carbocycles. The van der Waals surface area contributed by atoms with E-state index in [4.69, 9.17) is 0 Å². The van der Waals surface area contributed by atoms with E-state index in [0.29, 0.717) is 13.1 Å². The number of carbonyl (C=O) groups is 4. The second-order valence-electron chi connectivity index (χ2n) is 11.4. The number of carboxylic acids is 1. The third kappa shape index (κ3) is 8.07. The number of likely N-dealkylation sites (N-methyl/N-ethyl adjacent to an activating group) is 1. The number of aliphatic hydroxyl groups excluding tert-OH is 1. The summed E-state index contributed by atoms with van der Waals surface area (Å²) < 4.78 is 0. The summed E-state index contributed by atoms with van der Waals surface area (Å²) in [7, 11) is 2.00. The van der Waals surface area contributed by atoms with E-state index in [-0.39, 0.29) is 24.1 Å². The van der Waals surface area contributed by atoms with E-state index in [1.165, 1.54) is 16.7 Å². The van der Waals surface area contributed by atoms with Crippen molar-refractivity contribution in [2.45, 2.75) is 49.9 Å². The molecule has 2 aliphatic heterocycles. The number of thioether (sulfide) groups is 1. The first kappa shape index (κ1) is 32.3. The number of amides is 4. The lowest BCUT2D eigenvalue weighted by Gasteiger charge is -2.37. The Kier molecular flexibility index (Phi) is 11.1. The highest BCUT2D eigenvalue weighted by molar-refractivity contribution is 7.99. The molecular formula is C31H41N5O6S. The zero-order chi connectivity index (χ0) is 31.1. The van der Waals surface area contributed by atoms with Crippen LogP contribution in [0.3, 0.4) is 0 Å². The molecule has 0 aromatic heterocycles. The number of hydrogen-bond acceptors (Lipinski definition) is 7. The molecule has 43 heavy (non-hydrogen) atoms. The number of aliphatic carboxylic acids is 1. The van der Waals surface area contributed by atoms with Gasteiger partial charge >= 0.3 is 12.0 Å². The zero-order valence-corrected chi connectivity index (χ0v) is 25.6. The number of carboxylic acid groups (broad SMARTS) is 1. The monoisotopic (exact) mass is 611 g/mol. The SMILES string of the molecule is CC(C)[C@H](NC(=O)N1CCN(C)CC1)C(=O)N1C(c2ccccc2)SC[C@H]1C(=O)N[C@@H](Cc1ccccc1)C(O)C(=O)O. The van der Waals surface area contributed by atoms with E-state index in [1.807, 2.05) is 57.3 Å². The van der Waals surface area contributed by atoms with Gasteiger partial charge in [0.25, 0.3) is 0 Å². The Hall–Kier alpha value is -3.61. The van der Waals surface area contributed by atoms with Crippen LogP contribution in [0, 0.1) is 5.92 Å². The van der Waals surface area contributed by atoms with Gasteiger partial charge in [0.2, 0.25) is 11.8 Å². The van der Waals surface area contributed by atoms with Gasteiger partial charge in [0.15, 0.2) is 6.10 Å². The number of benzene rings is 2. The molecule has 4 N–H and O–H groups in total. The van der Waals surface area contributed by atoms with Crippen LogP contribution in [-0.2, 0) is 20.8 Å². The fourth-order valence-corrected chi connectivity index (χ4v) is 6.76. The van der Waals surface area contributed by atoms with Crippen molar-refractivity contribution >= 4 is 35.6 Å². The summed E-state index contributed by atoms with van der Waals surface area (Å²) in [4.78, 5) is 58.5. The standard InChI is InChI=1S/C31H41N5O6S/c1-20(2)25(33-31(42)35-16-14-34(3)15-17-35)28(39)36-24(19-43-29(36)22-12-8-5-9-13-22)27(38)32-23(26(37)30(40)41)18-21-10-6-4-7-11-21/h4-13,20,23-26,29,37H,14-19H2,1-3H3,(H,32,38)(H,33,42)(H,40,41)/t23-,24-,25-,26?,29?/m0/s1. The van der Waals surface area contributed by atoms with E-state index in [2.05, 4.69) is 15.5 Å². The molecule has 0 radical (unpaired) electrons. The van der Waals surface area contributed by atoms with Crippen molar-refractivity contribution in [1.82, 2.24) is 25.3 Å². The van der Waals surface area contributed by atoms with Crippen molar-refractivity contribution in [3.8, 4) is 0 Å². The van der Waals surface area contributed by atoms with Crippen LogP contribution in [0.4, 0.5) is 4.79 Å². The molecule has 12 heteroatoms. The Balaban J connectivity index is 1.59. The third-order valence-electron chi connectivity index (χ3n) is 7.90. The number of urea groups is 1. The van der Waals surface area contributed by atoms with Crippen molar-refractivity contribution in [1.29, 1.82) is 0 Å². The molecule has 0 spiro atoms. The number of rotatable bonds is 10. The van der Waals surface area contributed by atoms with E-state index in [1.54, 1.807) is 29.2 Å². The van der Waals surface area contributed by atoms with Crippen LogP contribution in [0.1, 0.15) is 30.3 Å². The molecule has 0 bridgehead atoms. The van der Waals surface area contributed by atoms with E-state index < -0.39 is 47.4 Å². The maximum atomic E-state index is 14.3. The topological polar surface area (TPSA) is 143 Å². The van der Waals surface area contributed by atoms with Crippen LogP contribution in [-0.4, -0.2) is 112 Å². The van der Waals surface area contributed by atoms with Crippen molar-refractivity contribution in [3.05, 3.63) is 71.8 Å². The maximum Gasteiger partial charge on any atom is 0.334 e. The first-order chi connectivity index (χ1) is 20.6. The molecule has 2 saturated heterocycles. The number of hydrogen-bond donors (Lipinski definition) is 4. The van der Waals surface area contributed by atoms with Crippen LogP contribution in [0.2, 0.25) is 0 Å². The summed E-state index contributed by atoms with van der Waals surface area (Å²) in [6.45, 7) is 6.27. The van der Waals surface area contributed by atoms with Crippen LogP contribution >= 0.6 is 11.8 Å². The van der Waals surface area contributed by atoms with Crippen LogP contribution in [0.5, 0.6) is 0 Å². The Labute approximate surface area is 256 Å². The molecule has 4 amide bonds. The van der Waals surface area contributed by atoms with Gasteiger partial charge in [-0.2, -0.15) is 0 Å². The first-order valence-corrected chi connectivity index (χ1v) is 15.6. The highest BCUT2D eigenvalue weighted by atomic mass is 32.2. The predicted octanol–water partition coefficient (Wildman–Crippen LogP) is 1.78. The van der Waals surface area contributed by atoms with Gasteiger partial charge in [-0.1, -0.05) is 74.5 Å². The van der Waals surface area contributed by atoms with Crippen LogP contribution in [0.25, 0.3) is 0 Å². The van der Waals surface area contributed by atoms with Crippen molar-refractivity contribution < 1.29 is 29.4 Å². The molecule has 11 nitrogen and oxygen atoms in total. The summed E-state index contributed by atoms with van der Waals surface area (Å²) in [5.41, 5.74) is 1.57. The number of nitrogens with one attached hydrogen (secondary N) is 2. The molecule has 2 aromatic carbocycles. The average molecular weight is 612 g/mol. The molecule has 2 heterocycles. The third-order valence-corrected chi connectivity index (χ3v) is 9.23. The smallest absolute Gasteiger partial charge is 0.334 e. The Bertz CT molecular complexity index is 1260. The minimum Gasteiger partial charge on any atom is -0.479 e. The number of aliphatic hydroxyl groups is 1. The Morgan fingerprint density at radius 3 is 2.12 bits per heavy atom. The van der Waals surface area contributed by atoms with Gasteiger partial charge < -0.3 is 35.5 Å². The summed E-state index contributed by atoms with van der Waals surface area (Å²) in [5.74, 6) is -2.42. The average Bonchev–Trinajstić information content (AvgIpc) is 3.45. The summed E-state index contributed by atoms with van der Waals surface area (Å²) in [6, 6.07) is 15.1. The van der Waals surface area contributed by atoms with Gasteiger partial charge in [0.1, 0.15) is 17.5 Å². The van der Waals surface area contributed by atoms with E-state index in [0.717, 1.165) is 24.2 Å². The minimum absolute atomic E-state index is 0.0890. The fraction of sp³-hybridized carbons (Fsp3) is 0.484. The summed E-state index contributed by atoms with van der Waals surface area (Å²) >= 11 is 1.43. The van der Waals surface area contributed by atoms with Gasteiger partial charge in [-0.3, -0.25) is 9.59 Å². The lowest BCUT2D eigenvalue weighted by atomic mass is 9.99. The van der Waals surface area contributed by atoms with Gasteiger partial charge in [0, 0.05) is 31.9 Å². The largest absolute Gasteiger partial charge is 0.479 e. The highest BCUT2D eigenvalue weighted by Crippen LogP contribution is 2.42. The van der Waals surface area contributed by atoms with E-state index >= 15 is 0 Å². The molecule has 2 aliphatic rings. The molecular weight excluding hydrogens is 570 g/mol. The quantitative estimate of drug-likeness (QED) is 0.319. The van der Waals surface area contributed by atoms with Crippen molar-refractivity contribution in [3.63, 3.8) is 0 Å². The Morgan fingerprint density at radius 1 is 0.930 bits per heavy atom. The van der Waals surface area contributed by atoms with Crippen LogP contribution < -0.4 is 10.6 Å². The Morgan fingerprint density at radius 2 is 1.53 bits per heavy atom. The molecule has 2 fully saturated rings. The molecule has 2 unspecified atom stereocenters. The second-order valence-corrected chi connectivity index (χ2v) is 12.5. The number of carbonyl (C=O) groups excluding carboxylic acids is 3. The second kappa shape index (κ2) is 14.7. The van der Waals surface area contributed by atoms with Gasteiger partial charge in [-0.15, -0.1) is 11.8 Å². The predicted molar refractivity (Wildman–Crippen MR) is 164 cm³/mol. The van der Waals surface area contributed by atoms with Gasteiger partial charge in [-0.05, 0) is 30.5 Å². The molecule has 4 rings (SSSR count). The first-order valence-electron chi connectivity index (χ1n) is 14.5. The van der Waals surface area contributed by atoms with Crippen LogP contribution in [0.15, 0.2) is 60.7 Å². The zero-order valence-electron chi connectivity index (χ0n) is 24.8. The summed E-state index contributed by atoms with van der Waals surface area (Å²) in [6.07, 6.45) is -1.76. The molecule has 2 aromatic rings. The molecule has 0 saturated carbocycles. The lowest BCUT2D eigenvalue weighted by Crippen LogP contribution is -2.60. The van der Waals surface area contributed by atoms with Gasteiger partial charge in [-0.25, -0.2) is 9.59 Å². The van der Waals surface area contributed by atoms with Crippen molar-refractivity contribution in [2.24, 2.45) is 5.92 Å². The van der Waals surface area contributed by atoms with E-state index in [9.17, 15) is 29.4 Å². The summed E-state index contributed by atoms with van der Waals surface area (Å²) in [5, 5.41) is 25.2. The maximum absolute atomic E-state index is 14.3. The normalized spacial score (nSPS) is 21.2. The fourth-order valence-electron chi connectivity index (χ4n) is 5.32. The minimum atomic E-state index is -1.85. The lowest BCUT2D eigenvalue weighted by molar-refractivity contribution is -0.149. The molecule has 232 valence electrons. The number of nitrogens with zero attached hydrogens (tertiary/aromatic N) is 3. The highest BCUT2D eigenvalue weighted by Gasteiger charge is 2.46. The molecule has 5 atom stereocenters. The van der Waals surface area contributed by atoms with Gasteiger partial charge in [0.05, 0.1) is 6.04 Å². The van der Waals surface area contributed by atoms with Crippen molar-refractivity contribution in [2.75, 3.05) is 39.0 Å². The number of piperazine rings is 1.